The van der Waals surface area contributed by atoms with Crippen molar-refractivity contribution in [2.45, 2.75) is 45.3 Å². The van der Waals surface area contributed by atoms with Gasteiger partial charge < -0.3 is 4.74 Å². The molecule has 1 atom stereocenters. The van der Waals surface area contributed by atoms with Crippen molar-refractivity contribution in [3.63, 3.8) is 0 Å². The molecule has 1 rings (SSSR count). The Morgan fingerprint density at radius 1 is 1.39 bits per heavy atom. The lowest BCUT2D eigenvalue weighted by Gasteiger charge is -2.27. The third kappa shape index (κ3) is 5.35. The first-order valence-corrected chi connectivity index (χ1v) is 8.29. The fourth-order valence-electron chi connectivity index (χ4n) is 2.01. The number of hydrogen-bond acceptors (Lipinski definition) is 5. The van der Waals surface area contributed by atoms with Gasteiger partial charge in [-0.3, -0.25) is 9.69 Å². The second-order valence-electron chi connectivity index (χ2n) is 5.86. The number of ether oxygens (including phenoxy) is 1. The van der Waals surface area contributed by atoms with E-state index in [4.69, 9.17) is 4.74 Å². The minimum Gasteiger partial charge on any atom is -0.459 e. The summed E-state index contributed by atoms with van der Waals surface area (Å²) in [5.41, 5.74) is -0.498. The maximum absolute atomic E-state index is 12.0. The second-order valence-corrected chi connectivity index (χ2v) is 8.12. The summed E-state index contributed by atoms with van der Waals surface area (Å²) in [4.78, 5) is 13.9. The molecule has 18 heavy (non-hydrogen) atoms. The van der Waals surface area contributed by atoms with Crippen molar-refractivity contribution in [3.05, 3.63) is 0 Å². The SMILES string of the molecule is CC(C)(C)OC(=O)[C@@H]1CCCN1CCS(C)(=O)=O. The van der Waals surface area contributed by atoms with E-state index < -0.39 is 15.4 Å². The highest BCUT2D eigenvalue weighted by Crippen LogP contribution is 2.20. The molecule has 0 N–H and O–H groups in total. The Kier molecular flexibility index (Phi) is 4.78. The molecule has 0 bridgehead atoms. The predicted molar refractivity (Wildman–Crippen MR) is 70.2 cm³/mol. The first kappa shape index (κ1) is 15.4. The highest BCUT2D eigenvalue weighted by molar-refractivity contribution is 7.90. The standard InChI is InChI=1S/C12H23NO4S/c1-12(2,3)17-11(14)10-6-5-7-13(10)8-9-18(4,15)16/h10H,5-9H2,1-4H3/t10-/m0/s1. The minimum atomic E-state index is -2.99. The molecular weight excluding hydrogens is 254 g/mol. The maximum atomic E-state index is 12.0. The zero-order chi connectivity index (χ0) is 14.0. The summed E-state index contributed by atoms with van der Waals surface area (Å²) >= 11 is 0. The van der Waals surface area contributed by atoms with Crippen LogP contribution in [0.2, 0.25) is 0 Å². The average Bonchev–Trinajstić information content (AvgIpc) is 2.58. The molecule has 0 spiro atoms. The Balaban J connectivity index is 2.57. The molecule has 106 valence electrons. The normalized spacial score (nSPS) is 22.1. The fourth-order valence-corrected chi connectivity index (χ4v) is 2.58. The van der Waals surface area contributed by atoms with E-state index in [1.165, 1.54) is 6.26 Å². The van der Waals surface area contributed by atoms with E-state index in [0.29, 0.717) is 6.54 Å². The van der Waals surface area contributed by atoms with Crippen LogP contribution in [0, 0.1) is 0 Å². The number of esters is 1. The van der Waals surface area contributed by atoms with Gasteiger partial charge in [-0.2, -0.15) is 0 Å². The van der Waals surface area contributed by atoms with E-state index in [1.807, 2.05) is 25.7 Å². The average molecular weight is 277 g/mol. The van der Waals surface area contributed by atoms with Crippen molar-refractivity contribution in [2.75, 3.05) is 25.1 Å². The molecule has 1 fully saturated rings. The summed E-state index contributed by atoms with van der Waals surface area (Å²) in [5, 5.41) is 0. The highest BCUT2D eigenvalue weighted by Gasteiger charge is 2.34. The Bertz CT molecular complexity index is 397. The highest BCUT2D eigenvalue weighted by atomic mass is 32.2. The third-order valence-corrected chi connectivity index (χ3v) is 3.72. The van der Waals surface area contributed by atoms with Crippen molar-refractivity contribution in [3.8, 4) is 0 Å². The van der Waals surface area contributed by atoms with Gasteiger partial charge in [0, 0.05) is 12.8 Å². The molecule has 5 nitrogen and oxygen atoms in total. The van der Waals surface area contributed by atoms with Crippen LogP contribution in [0.15, 0.2) is 0 Å². The zero-order valence-electron chi connectivity index (χ0n) is 11.6. The summed E-state index contributed by atoms with van der Waals surface area (Å²) in [6.07, 6.45) is 2.87. The van der Waals surface area contributed by atoms with Gasteiger partial charge in [0.25, 0.3) is 0 Å². The van der Waals surface area contributed by atoms with Crippen molar-refractivity contribution >= 4 is 15.8 Å². The number of carbonyl (C=O) groups excluding carboxylic acids is 1. The largest absolute Gasteiger partial charge is 0.459 e. The Morgan fingerprint density at radius 3 is 2.50 bits per heavy atom. The number of likely N-dealkylation sites (tertiary alicyclic amines) is 1. The van der Waals surface area contributed by atoms with Crippen LogP contribution in [-0.2, 0) is 19.4 Å². The van der Waals surface area contributed by atoms with Gasteiger partial charge in [0.1, 0.15) is 21.5 Å². The first-order valence-electron chi connectivity index (χ1n) is 6.23. The summed E-state index contributed by atoms with van der Waals surface area (Å²) in [6, 6.07) is -0.286. The second kappa shape index (κ2) is 5.57. The van der Waals surface area contributed by atoms with E-state index in [0.717, 1.165) is 19.4 Å². The quantitative estimate of drug-likeness (QED) is 0.712. The monoisotopic (exact) mass is 277 g/mol. The van der Waals surface area contributed by atoms with Gasteiger partial charge in [-0.15, -0.1) is 0 Å². The van der Waals surface area contributed by atoms with Gasteiger partial charge in [0.05, 0.1) is 5.75 Å². The number of nitrogens with zero attached hydrogens (tertiary/aromatic N) is 1. The summed E-state index contributed by atoms with van der Waals surface area (Å²) in [6.45, 7) is 6.67. The van der Waals surface area contributed by atoms with Crippen LogP contribution < -0.4 is 0 Å². The zero-order valence-corrected chi connectivity index (χ0v) is 12.4. The molecule has 1 heterocycles. The lowest BCUT2D eigenvalue weighted by Crippen LogP contribution is -2.42. The fraction of sp³-hybridized carbons (Fsp3) is 0.917. The van der Waals surface area contributed by atoms with Gasteiger partial charge in [0.15, 0.2) is 0 Å². The molecule has 0 aromatic carbocycles. The lowest BCUT2D eigenvalue weighted by molar-refractivity contribution is -0.160. The Morgan fingerprint density at radius 2 is 2.00 bits per heavy atom. The van der Waals surface area contributed by atoms with Crippen LogP contribution in [0.25, 0.3) is 0 Å². The molecule has 1 saturated heterocycles. The van der Waals surface area contributed by atoms with Gasteiger partial charge in [-0.1, -0.05) is 0 Å². The maximum Gasteiger partial charge on any atom is 0.323 e. The van der Waals surface area contributed by atoms with E-state index >= 15 is 0 Å². The van der Waals surface area contributed by atoms with Crippen molar-refractivity contribution in [1.29, 1.82) is 0 Å². The first-order chi connectivity index (χ1) is 8.08. The van der Waals surface area contributed by atoms with Gasteiger partial charge >= 0.3 is 5.97 Å². The summed E-state index contributed by atoms with van der Waals surface area (Å²) in [5.74, 6) is -0.153. The van der Waals surface area contributed by atoms with E-state index in [1.54, 1.807) is 0 Å². The van der Waals surface area contributed by atoms with Crippen LogP contribution in [0.1, 0.15) is 33.6 Å². The number of hydrogen-bond donors (Lipinski definition) is 0. The summed E-state index contributed by atoms with van der Waals surface area (Å²) < 4.78 is 27.7. The van der Waals surface area contributed by atoms with Crippen molar-refractivity contribution < 1.29 is 17.9 Å². The molecule has 0 saturated carbocycles. The Labute approximate surface area is 109 Å². The molecule has 0 aliphatic carbocycles. The molecule has 0 radical (unpaired) electrons. The van der Waals surface area contributed by atoms with Crippen molar-refractivity contribution in [1.82, 2.24) is 4.90 Å². The lowest BCUT2D eigenvalue weighted by atomic mass is 10.1. The van der Waals surface area contributed by atoms with Crippen LogP contribution in [0.5, 0.6) is 0 Å². The molecule has 1 aliphatic rings. The van der Waals surface area contributed by atoms with Gasteiger partial charge in [-0.25, -0.2) is 8.42 Å². The number of carbonyl (C=O) groups is 1. The molecular formula is C12H23NO4S. The van der Waals surface area contributed by atoms with E-state index in [9.17, 15) is 13.2 Å². The molecule has 0 amide bonds. The third-order valence-electron chi connectivity index (χ3n) is 2.79. The van der Waals surface area contributed by atoms with Crippen molar-refractivity contribution in [2.24, 2.45) is 0 Å². The van der Waals surface area contributed by atoms with Crippen LogP contribution in [0.4, 0.5) is 0 Å². The smallest absolute Gasteiger partial charge is 0.323 e. The van der Waals surface area contributed by atoms with E-state index in [-0.39, 0.29) is 17.8 Å². The van der Waals surface area contributed by atoms with Gasteiger partial charge in [-0.05, 0) is 40.2 Å². The predicted octanol–water partition coefficient (Wildman–Crippen LogP) is 0.837. The van der Waals surface area contributed by atoms with E-state index in [2.05, 4.69) is 0 Å². The van der Waals surface area contributed by atoms with Gasteiger partial charge in [0.2, 0.25) is 0 Å². The van der Waals surface area contributed by atoms with Crippen LogP contribution in [-0.4, -0.2) is 56.0 Å². The number of rotatable bonds is 4. The van der Waals surface area contributed by atoms with Crippen LogP contribution >= 0.6 is 0 Å². The number of sulfone groups is 1. The van der Waals surface area contributed by atoms with Crippen LogP contribution in [0.3, 0.4) is 0 Å². The molecule has 1 aliphatic heterocycles. The molecule has 6 heteroatoms. The minimum absolute atomic E-state index is 0.0896. The summed E-state index contributed by atoms with van der Waals surface area (Å²) in [7, 11) is -2.99. The Hall–Kier alpha value is -0.620. The molecule has 0 unspecified atom stereocenters. The topological polar surface area (TPSA) is 63.7 Å². The molecule has 0 aromatic heterocycles. The molecule has 0 aromatic rings.